The molecule has 0 radical (unpaired) electrons. The Hall–Kier alpha value is -1.56. The largest absolute Gasteiger partial charge is 0.416 e. The molecular weight excluding hydrogens is 281 g/mol. The Morgan fingerprint density at radius 2 is 2.19 bits per heavy atom. The van der Waals surface area contributed by atoms with E-state index < -0.39 is 11.7 Å². The van der Waals surface area contributed by atoms with E-state index in [0.29, 0.717) is 24.6 Å². The molecule has 1 amide bonds. The van der Waals surface area contributed by atoms with E-state index in [1.165, 1.54) is 6.07 Å². The first-order valence-corrected chi connectivity index (χ1v) is 6.98. The predicted molar refractivity (Wildman–Crippen MR) is 73.8 cm³/mol. The van der Waals surface area contributed by atoms with Gasteiger partial charge in [0.15, 0.2) is 0 Å². The molecule has 0 unspecified atom stereocenters. The van der Waals surface area contributed by atoms with Crippen LogP contribution in [0.15, 0.2) is 24.3 Å². The zero-order valence-electron chi connectivity index (χ0n) is 11.9. The van der Waals surface area contributed by atoms with Crippen molar-refractivity contribution >= 4 is 5.91 Å². The average Bonchev–Trinajstić information content (AvgIpc) is 2.87. The molecule has 1 aromatic rings. The number of nitrogens with one attached hydrogen (secondary N) is 1. The minimum atomic E-state index is -4.37. The molecule has 116 valence electrons. The van der Waals surface area contributed by atoms with Crippen molar-refractivity contribution in [2.24, 2.45) is 5.92 Å². The molecule has 0 spiro atoms. The number of halogens is 3. The van der Waals surface area contributed by atoms with E-state index in [-0.39, 0.29) is 12.3 Å². The lowest BCUT2D eigenvalue weighted by Gasteiger charge is -2.17. The van der Waals surface area contributed by atoms with Crippen LogP contribution in [0.3, 0.4) is 0 Å². The third-order valence-corrected chi connectivity index (χ3v) is 3.74. The van der Waals surface area contributed by atoms with Crippen LogP contribution >= 0.6 is 0 Å². The fourth-order valence-corrected chi connectivity index (χ4v) is 2.66. The van der Waals surface area contributed by atoms with E-state index in [1.807, 2.05) is 7.05 Å². The van der Waals surface area contributed by atoms with E-state index in [9.17, 15) is 18.0 Å². The van der Waals surface area contributed by atoms with Crippen LogP contribution in [-0.2, 0) is 17.4 Å². The van der Waals surface area contributed by atoms with Crippen LogP contribution in [0.4, 0.5) is 13.2 Å². The monoisotopic (exact) mass is 300 g/mol. The summed E-state index contributed by atoms with van der Waals surface area (Å²) in [6, 6.07) is 4.99. The maximum Gasteiger partial charge on any atom is 0.416 e. The quantitative estimate of drug-likeness (QED) is 0.925. The Morgan fingerprint density at radius 1 is 1.43 bits per heavy atom. The zero-order valence-corrected chi connectivity index (χ0v) is 11.9. The summed E-state index contributed by atoms with van der Waals surface area (Å²) >= 11 is 0. The highest BCUT2D eigenvalue weighted by Crippen LogP contribution is 2.29. The molecule has 0 aromatic heterocycles. The van der Waals surface area contributed by atoms with Crippen molar-refractivity contribution in [3.05, 3.63) is 35.4 Å². The van der Waals surface area contributed by atoms with Gasteiger partial charge in [-0.2, -0.15) is 13.2 Å². The average molecular weight is 300 g/mol. The topological polar surface area (TPSA) is 32.3 Å². The zero-order chi connectivity index (χ0) is 15.5. The smallest absolute Gasteiger partial charge is 0.342 e. The molecule has 21 heavy (non-hydrogen) atoms. The summed E-state index contributed by atoms with van der Waals surface area (Å²) in [7, 11) is 1.87. The van der Waals surface area contributed by atoms with Crippen LogP contribution < -0.4 is 5.32 Å². The second-order valence-electron chi connectivity index (χ2n) is 5.43. The van der Waals surface area contributed by atoms with Gasteiger partial charge in [-0.3, -0.25) is 4.79 Å². The number of likely N-dealkylation sites (tertiary alicyclic amines) is 1. The van der Waals surface area contributed by atoms with Gasteiger partial charge < -0.3 is 10.2 Å². The van der Waals surface area contributed by atoms with Crippen molar-refractivity contribution in [3.63, 3.8) is 0 Å². The number of carbonyl (C=O) groups excluding carboxylic acids is 1. The summed E-state index contributed by atoms with van der Waals surface area (Å²) in [6.07, 6.45) is -3.41. The van der Waals surface area contributed by atoms with Crippen molar-refractivity contribution in [2.45, 2.75) is 19.0 Å². The predicted octanol–water partition coefficient (Wildman–Crippen LogP) is 2.32. The molecule has 6 heteroatoms. The number of benzene rings is 1. The summed E-state index contributed by atoms with van der Waals surface area (Å²) in [5.74, 6) is 0.327. The summed E-state index contributed by atoms with van der Waals surface area (Å²) in [5, 5.41) is 3.08. The molecule has 0 aliphatic carbocycles. The van der Waals surface area contributed by atoms with Crippen LogP contribution in [0.1, 0.15) is 17.5 Å². The Labute approximate surface area is 122 Å². The van der Waals surface area contributed by atoms with Crippen LogP contribution in [0.5, 0.6) is 0 Å². The second kappa shape index (κ2) is 6.47. The molecule has 1 atom stereocenters. The summed E-state index contributed by atoms with van der Waals surface area (Å²) < 4.78 is 37.9. The van der Waals surface area contributed by atoms with Gasteiger partial charge in [0.2, 0.25) is 5.91 Å². The van der Waals surface area contributed by atoms with Crippen molar-refractivity contribution in [1.29, 1.82) is 0 Å². The van der Waals surface area contributed by atoms with Crippen LogP contribution in [0.25, 0.3) is 0 Å². The first-order chi connectivity index (χ1) is 9.90. The molecule has 3 nitrogen and oxygen atoms in total. The van der Waals surface area contributed by atoms with Gasteiger partial charge in [-0.15, -0.1) is 0 Å². The van der Waals surface area contributed by atoms with Crippen molar-refractivity contribution in [1.82, 2.24) is 10.2 Å². The molecule has 1 aliphatic heterocycles. The molecule has 1 aliphatic rings. The third-order valence-electron chi connectivity index (χ3n) is 3.74. The van der Waals surface area contributed by atoms with Gasteiger partial charge in [0.25, 0.3) is 0 Å². The van der Waals surface area contributed by atoms with E-state index >= 15 is 0 Å². The maximum atomic E-state index is 12.6. The van der Waals surface area contributed by atoms with Gasteiger partial charge in [-0.05, 0) is 37.6 Å². The van der Waals surface area contributed by atoms with E-state index in [1.54, 1.807) is 11.0 Å². The van der Waals surface area contributed by atoms with Gasteiger partial charge in [0.1, 0.15) is 0 Å². The van der Waals surface area contributed by atoms with Gasteiger partial charge in [0, 0.05) is 13.1 Å². The molecule has 1 N–H and O–H groups in total. The van der Waals surface area contributed by atoms with Gasteiger partial charge in [0.05, 0.1) is 12.0 Å². The number of hydrogen-bond acceptors (Lipinski definition) is 2. The maximum absolute atomic E-state index is 12.6. The Bertz CT molecular complexity index is 502. The molecular formula is C15H19F3N2O. The Balaban J connectivity index is 1.97. The van der Waals surface area contributed by atoms with Crippen LogP contribution in [0.2, 0.25) is 0 Å². The van der Waals surface area contributed by atoms with Crippen LogP contribution in [-0.4, -0.2) is 37.5 Å². The Kier molecular flexibility index (Phi) is 4.88. The number of hydrogen-bond donors (Lipinski definition) is 1. The van der Waals surface area contributed by atoms with E-state index in [4.69, 9.17) is 0 Å². The lowest BCUT2D eigenvalue weighted by molar-refractivity contribution is -0.138. The molecule has 2 rings (SSSR count). The normalized spacial score (nSPS) is 19.0. The fraction of sp³-hybridized carbons (Fsp3) is 0.533. The number of amides is 1. The number of rotatable bonds is 4. The van der Waals surface area contributed by atoms with Crippen molar-refractivity contribution < 1.29 is 18.0 Å². The van der Waals surface area contributed by atoms with Gasteiger partial charge in [-0.25, -0.2) is 0 Å². The minimum Gasteiger partial charge on any atom is -0.342 e. The van der Waals surface area contributed by atoms with E-state index in [2.05, 4.69) is 5.32 Å². The standard InChI is InChI=1S/C15H19F3N2O/c1-19-9-12-5-6-20(10-12)14(21)8-11-3-2-4-13(7-11)15(16,17)18/h2-4,7,12,19H,5-6,8-10H2,1H3/t12-/m0/s1. The van der Waals surface area contributed by atoms with Crippen LogP contribution in [0, 0.1) is 5.92 Å². The van der Waals surface area contributed by atoms with Crippen molar-refractivity contribution in [3.8, 4) is 0 Å². The second-order valence-corrected chi connectivity index (χ2v) is 5.43. The SMILES string of the molecule is CNC[C@@H]1CCN(C(=O)Cc2cccc(C(F)(F)F)c2)C1. The molecule has 1 fully saturated rings. The fourth-order valence-electron chi connectivity index (χ4n) is 2.66. The molecule has 0 saturated carbocycles. The highest BCUT2D eigenvalue weighted by Gasteiger charge is 2.31. The highest BCUT2D eigenvalue weighted by atomic mass is 19.4. The Morgan fingerprint density at radius 3 is 2.86 bits per heavy atom. The first-order valence-electron chi connectivity index (χ1n) is 6.98. The van der Waals surface area contributed by atoms with Crippen molar-refractivity contribution in [2.75, 3.05) is 26.7 Å². The highest BCUT2D eigenvalue weighted by molar-refractivity contribution is 5.79. The molecule has 1 aromatic carbocycles. The number of nitrogens with zero attached hydrogens (tertiary/aromatic N) is 1. The lowest BCUT2D eigenvalue weighted by atomic mass is 10.1. The molecule has 1 saturated heterocycles. The molecule has 0 bridgehead atoms. The summed E-state index contributed by atoms with van der Waals surface area (Å²) in [4.78, 5) is 13.9. The number of carbonyl (C=O) groups is 1. The summed E-state index contributed by atoms with van der Waals surface area (Å²) in [6.45, 7) is 2.22. The van der Waals surface area contributed by atoms with Gasteiger partial charge >= 0.3 is 6.18 Å². The first kappa shape index (κ1) is 15.8. The lowest BCUT2D eigenvalue weighted by Crippen LogP contribution is -2.31. The number of alkyl halides is 3. The third kappa shape index (κ3) is 4.20. The van der Waals surface area contributed by atoms with Gasteiger partial charge in [-0.1, -0.05) is 18.2 Å². The van der Waals surface area contributed by atoms with E-state index in [0.717, 1.165) is 25.1 Å². The summed E-state index contributed by atoms with van der Waals surface area (Å²) in [5.41, 5.74) is -0.297. The molecule has 1 heterocycles. The minimum absolute atomic E-state index is 0.0240.